The summed E-state index contributed by atoms with van der Waals surface area (Å²) in [5.74, 6) is 0.780. The van der Waals surface area contributed by atoms with Crippen molar-refractivity contribution in [2.75, 3.05) is 13.7 Å². The summed E-state index contributed by atoms with van der Waals surface area (Å²) in [6, 6.07) is 15.5. The average molecular weight is 324 g/mol. The van der Waals surface area contributed by atoms with Crippen molar-refractivity contribution in [2.24, 2.45) is 0 Å². The van der Waals surface area contributed by atoms with E-state index in [0.717, 1.165) is 23.3 Å². The molecule has 0 atom stereocenters. The summed E-state index contributed by atoms with van der Waals surface area (Å²) >= 11 is 0. The van der Waals surface area contributed by atoms with Crippen molar-refractivity contribution < 1.29 is 14.3 Å². The second-order valence-electron chi connectivity index (χ2n) is 5.46. The molecule has 0 radical (unpaired) electrons. The normalized spacial score (nSPS) is 10.5. The van der Waals surface area contributed by atoms with Gasteiger partial charge < -0.3 is 19.8 Å². The predicted molar refractivity (Wildman–Crippen MR) is 93.2 cm³/mol. The van der Waals surface area contributed by atoms with Gasteiger partial charge in [0.2, 0.25) is 0 Å². The number of carbonyl (C=O) groups is 1. The van der Waals surface area contributed by atoms with E-state index in [0.29, 0.717) is 6.54 Å². The van der Waals surface area contributed by atoms with Crippen molar-refractivity contribution in [1.29, 1.82) is 0 Å². The molecule has 0 aliphatic rings. The van der Waals surface area contributed by atoms with E-state index in [9.17, 15) is 4.79 Å². The molecule has 24 heavy (non-hydrogen) atoms. The number of rotatable bonds is 6. The predicted octanol–water partition coefficient (Wildman–Crippen LogP) is 3.65. The van der Waals surface area contributed by atoms with Crippen molar-refractivity contribution in [2.45, 2.75) is 13.0 Å². The van der Waals surface area contributed by atoms with Crippen LogP contribution in [0.25, 0.3) is 10.9 Å². The molecule has 0 spiro atoms. The number of alkyl carbamates (subject to hydrolysis) is 1. The van der Waals surface area contributed by atoms with Crippen LogP contribution in [0.4, 0.5) is 4.79 Å². The molecule has 0 saturated carbocycles. The zero-order valence-electron chi connectivity index (χ0n) is 13.5. The molecule has 3 rings (SSSR count). The second kappa shape index (κ2) is 7.55. The highest BCUT2D eigenvalue weighted by molar-refractivity contribution is 5.83. The summed E-state index contributed by atoms with van der Waals surface area (Å²) < 4.78 is 10.3. The Bertz CT molecular complexity index is 809. The van der Waals surface area contributed by atoms with E-state index in [1.165, 1.54) is 10.9 Å². The molecule has 0 aliphatic carbocycles. The molecule has 1 amide bonds. The minimum absolute atomic E-state index is 0.239. The lowest BCUT2D eigenvalue weighted by Crippen LogP contribution is -2.26. The SMILES string of the molecule is COc1ccc(COC(=O)NCCc2c[nH]c3ccccc23)cc1. The molecule has 0 aliphatic heterocycles. The number of fused-ring (bicyclic) bond motifs is 1. The molecule has 124 valence electrons. The van der Waals surface area contributed by atoms with Gasteiger partial charge in [-0.3, -0.25) is 0 Å². The number of aromatic amines is 1. The van der Waals surface area contributed by atoms with Crippen LogP contribution < -0.4 is 10.1 Å². The number of hydrogen-bond acceptors (Lipinski definition) is 3. The third kappa shape index (κ3) is 3.87. The van der Waals surface area contributed by atoms with Gasteiger partial charge in [-0.15, -0.1) is 0 Å². The topological polar surface area (TPSA) is 63.4 Å². The number of hydrogen-bond donors (Lipinski definition) is 2. The van der Waals surface area contributed by atoms with Crippen LogP contribution in [-0.2, 0) is 17.8 Å². The molecule has 0 fully saturated rings. The summed E-state index contributed by atoms with van der Waals surface area (Å²) in [6.45, 7) is 0.770. The highest BCUT2D eigenvalue weighted by Gasteiger charge is 2.05. The van der Waals surface area contributed by atoms with Crippen molar-refractivity contribution in [1.82, 2.24) is 10.3 Å². The Hall–Kier alpha value is -2.95. The molecule has 0 unspecified atom stereocenters. The van der Waals surface area contributed by atoms with Crippen molar-refractivity contribution in [3.63, 3.8) is 0 Å². The lowest BCUT2D eigenvalue weighted by Gasteiger charge is -2.07. The highest BCUT2D eigenvalue weighted by atomic mass is 16.5. The maximum absolute atomic E-state index is 11.8. The number of aromatic nitrogens is 1. The summed E-state index contributed by atoms with van der Waals surface area (Å²) in [5.41, 5.74) is 3.21. The number of ether oxygens (including phenoxy) is 2. The fraction of sp³-hybridized carbons (Fsp3) is 0.211. The van der Waals surface area contributed by atoms with Gasteiger partial charge in [-0.1, -0.05) is 30.3 Å². The molecule has 2 N–H and O–H groups in total. The first-order chi connectivity index (χ1) is 11.8. The minimum atomic E-state index is -0.411. The Balaban J connectivity index is 1.44. The van der Waals surface area contributed by atoms with Crippen LogP contribution in [0.5, 0.6) is 5.75 Å². The van der Waals surface area contributed by atoms with E-state index >= 15 is 0 Å². The molecule has 0 saturated heterocycles. The molecule has 5 heteroatoms. The van der Waals surface area contributed by atoms with Gasteiger partial charge in [0, 0.05) is 23.6 Å². The van der Waals surface area contributed by atoms with Crippen LogP contribution in [0.2, 0.25) is 0 Å². The van der Waals surface area contributed by atoms with E-state index in [1.807, 2.05) is 48.7 Å². The summed E-state index contributed by atoms with van der Waals surface area (Å²) in [5, 5.41) is 3.96. The molecular weight excluding hydrogens is 304 g/mol. The maximum atomic E-state index is 11.8. The van der Waals surface area contributed by atoms with Gasteiger partial charge in [0.1, 0.15) is 12.4 Å². The third-order valence-corrected chi connectivity index (χ3v) is 3.87. The number of nitrogens with one attached hydrogen (secondary N) is 2. The van der Waals surface area contributed by atoms with Gasteiger partial charge >= 0.3 is 6.09 Å². The smallest absolute Gasteiger partial charge is 0.407 e. The molecular formula is C19H20N2O3. The fourth-order valence-electron chi connectivity index (χ4n) is 2.56. The Morgan fingerprint density at radius 2 is 1.92 bits per heavy atom. The Morgan fingerprint density at radius 3 is 2.71 bits per heavy atom. The molecule has 1 heterocycles. The van der Waals surface area contributed by atoms with E-state index in [4.69, 9.17) is 9.47 Å². The van der Waals surface area contributed by atoms with Gasteiger partial charge in [0.25, 0.3) is 0 Å². The van der Waals surface area contributed by atoms with E-state index < -0.39 is 6.09 Å². The lowest BCUT2D eigenvalue weighted by molar-refractivity contribution is 0.140. The van der Waals surface area contributed by atoms with Crippen LogP contribution >= 0.6 is 0 Å². The van der Waals surface area contributed by atoms with Crippen molar-refractivity contribution in [3.05, 3.63) is 65.9 Å². The Kier molecular flexibility index (Phi) is 5.01. The van der Waals surface area contributed by atoms with Crippen LogP contribution in [0.3, 0.4) is 0 Å². The van der Waals surface area contributed by atoms with Crippen LogP contribution in [-0.4, -0.2) is 24.7 Å². The molecule has 2 aromatic carbocycles. The number of carbonyl (C=O) groups excluding carboxylic acids is 1. The lowest BCUT2D eigenvalue weighted by atomic mass is 10.1. The van der Waals surface area contributed by atoms with Gasteiger partial charge in [-0.25, -0.2) is 4.79 Å². The first kappa shape index (κ1) is 15.9. The fourth-order valence-corrected chi connectivity index (χ4v) is 2.56. The largest absolute Gasteiger partial charge is 0.497 e. The molecule has 1 aromatic heterocycles. The van der Waals surface area contributed by atoms with Gasteiger partial charge in [0.15, 0.2) is 0 Å². The zero-order chi connectivity index (χ0) is 16.8. The Morgan fingerprint density at radius 1 is 1.12 bits per heavy atom. The molecule has 5 nitrogen and oxygen atoms in total. The van der Waals surface area contributed by atoms with Crippen LogP contribution in [0, 0.1) is 0 Å². The zero-order valence-corrected chi connectivity index (χ0v) is 13.5. The number of para-hydroxylation sites is 1. The molecule has 3 aromatic rings. The van der Waals surface area contributed by atoms with Crippen LogP contribution in [0.1, 0.15) is 11.1 Å². The number of H-pyrrole nitrogens is 1. The summed E-state index contributed by atoms with van der Waals surface area (Å²) in [7, 11) is 1.62. The second-order valence-corrected chi connectivity index (χ2v) is 5.46. The monoisotopic (exact) mass is 324 g/mol. The van der Waals surface area contributed by atoms with Gasteiger partial charge in [0.05, 0.1) is 7.11 Å². The third-order valence-electron chi connectivity index (χ3n) is 3.87. The number of methoxy groups -OCH3 is 1. The highest BCUT2D eigenvalue weighted by Crippen LogP contribution is 2.17. The van der Waals surface area contributed by atoms with E-state index in [-0.39, 0.29) is 6.61 Å². The minimum Gasteiger partial charge on any atom is -0.497 e. The van der Waals surface area contributed by atoms with Crippen molar-refractivity contribution in [3.8, 4) is 5.75 Å². The number of amides is 1. The first-order valence-electron chi connectivity index (χ1n) is 7.85. The van der Waals surface area contributed by atoms with Gasteiger partial charge in [-0.2, -0.15) is 0 Å². The summed E-state index contributed by atoms with van der Waals surface area (Å²) in [6.07, 6.45) is 2.32. The van der Waals surface area contributed by atoms with Crippen molar-refractivity contribution >= 4 is 17.0 Å². The quantitative estimate of drug-likeness (QED) is 0.727. The van der Waals surface area contributed by atoms with E-state index in [1.54, 1.807) is 7.11 Å². The first-order valence-corrected chi connectivity index (χ1v) is 7.85. The Labute approximate surface area is 140 Å². The maximum Gasteiger partial charge on any atom is 0.407 e. The van der Waals surface area contributed by atoms with Gasteiger partial charge in [-0.05, 0) is 35.7 Å². The summed E-state index contributed by atoms with van der Waals surface area (Å²) in [4.78, 5) is 15.0. The van der Waals surface area contributed by atoms with Crippen LogP contribution in [0.15, 0.2) is 54.7 Å². The van der Waals surface area contributed by atoms with E-state index in [2.05, 4.69) is 16.4 Å². The molecule has 0 bridgehead atoms. The average Bonchev–Trinajstić information content (AvgIpc) is 3.04. The standard InChI is InChI=1S/C19H20N2O3/c1-23-16-8-6-14(7-9-16)13-24-19(22)20-11-10-15-12-21-18-5-3-2-4-17(15)18/h2-9,12,21H,10-11,13H2,1H3,(H,20,22). The number of benzene rings is 2.